The maximum atomic E-state index is 11.9. The average molecular weight is 354 g/mol. The van der Waals surface area contributed by atoms with Gasteiger partial charge in [-0.25, -0.2) is 10.4 Å². The topological polar surface area (TPSA) is 79.5 Å². The molecule has 3 rings (SSSR count). The number of fused-ring (bicyclic) bond motifs is 1. The first-order chi connectivity index (χ1) is 12.0. The van der Waals surface area contributed by atoms with Gasteiger partial charge in [0.25, 0.3) is 5.91 Å². The summed E-state index contributed by atoms with van der Waals surface area (Å²) in [6, 6.07) is 13.0. The Morgan fingerprint density at radius 2 is 2.16 bits per heavy atom. The standard InChI is InChI=1S/C18H18N4O2S/c1-12-7-8-16(23)13(9-12)10-19-21-17(24)11-25-18-20-14-5-3-4-6-15(14)22(18)2/h3-10,23H,11H2,1-2H3,(H,21,24)/b19-10+. The maximum Gasteiger partial charge on any atom is 0.250 e. The molecule has 0 aliphatic carbocycles. The molecule has 0 bridgehead atoms. The van der Waals surface area contributed by atoms with Crippen molar-refractivity contribution in [2.75, 3.05) is 5.75 Å². The second kappa shape index (κ2) is 7.40. The molecule has 0 atom stereocenters. The van der Waals surface area contributed by atoms with Crippen LogP contribution in [0.5, 0.6) is 5.75 Å². The van der Waals surface area contributed by atoms with E-state index < -0.39 is 0 Å². The molecule has 25 heavy (non-hydrogen) atoms. The normalized spacial score (nSPS) is 11.3. The van der Waals surface area contributed by atoms with Gasteiger partial charge in [0, 0.05) is 12.6 Å². The Labute approximate surface area is 149 Å². The quantitative estimate of drug-likeness (QED) is 0.419. The molecule has 0 saturated heterocycles. The molecule has 0 radical (unpaired) electrons. The zero-order valence-corrected chi connectivity index (χ0v) is 14.7. The number of imidazole rings is 1. The van der Waals surface area contributed by atoms with Crippen LogP contribution in [0.15, 0.2) is 52.7 Å². The highest BCUT2D eigenvalue weighted by Gasteiger charge is 2.09. The number of benzene rings is 2. The van der Waals surface area contributed by atoms with Gasteiger partial charge in [0.05, 0.1) is 23.0 Å². The number of thioether (sulfide) groups is 1. The third kappa shape index (κ3) is 4.00. The van der Waals surface area contributed by atoms with Crippen LogP contribution < -0.4 is 5.43 Å². The van der Waals surface area contributed by atoms with Crippen LogP contribution in [0.1, 0.15) is 11.1 Å². The van der Waals surface area contributed by atoms with E-state index in [2.05, 4.69) is 15.5 Å². The van der Waals surface area contributed by atoms with Gasteiger partial charge in [-0.1, -0.05) is 35.5 Å². The lowest BCUT2D eigenvalue weighted by Gasteiger charge is -2.02. The summed E-state index contributed by atoms with van der Waals surface area (Å²) in [6.45, 7) is 1.92. The molecule has 128 valence electrons. The number of aromatic hydroxyl groups is 1. The van der Waals surface area contributed by atoms with E-state index in [1.165, 1.54) is 18.0 Å². The van der Waals surface area contributed by atoms with E-state index in [0.29, 0.717) is 5.56 Å². The number of aromatic nitrogens is 2. The molecular weight excluding hydrogens is 336 g/mol. The van der Waals surface area contributed by atoms with Crippen LogP contribution in [0.4, 0.5) is 0 Å². The average Bonchev–Trinajstić information content (AvgIpc) is 2.92. The lowest BCUT2D eigenvalue weighted by atomic mass is 10.1. The number of hydrazone groups is 1. The lowest BCUT2D eigenvalue weighted by molar-refractivity contribution is -0.118. The van der Waals surface area contributed by atoms with Gasteiger partial charge in [-0.3, -0.25) is 4.79 Å². The molecule has 1 amide bonds. The van der Waals surface area contributed by atoms with Gasteiger partial charge in [-0.05, 0) is 31.2 Å². The lowest BCUT2D eigenvalue weighted by Crippen LogP contribution is -2.19. The summed E-state index contributed by atoms with van der Waals surface area (Å²) in [5, 5.41) is 14.4. The van der Waals surface area contributed by atoms with E-state index in [1.54, 1.807) is 18.2 Å². The number of nitrogens with one attached hydrogen (secondary N) is 1. The molecule has 6 nitrogen and oxygen atoms in total. The van der Waals surface area contributed by atoms with Crippen LogP contribution in [0.2, 0.25) is 0 Å². The summed E-state index contributed by atoms with van der Waals surface area (Å²) in [7, 11) is 1.92. The number of rotatable bonds is 5. The van der Waals surface area contributed by atoms with Crippen molar-refractivity contribution in [1.29, 1.82) is 0 Å². The van der Waals surface area contributed by atoms with E-state index in [0.717, 1.165) is 21.8 Å². The van der Waals surface area contributed by atoms with E-state index in [4.69, 9.17) is 0 Å². The second-order valence-electron chi connectivity index (χ2n) is 5.59. The SMILES string of the molecule is Cc1ccc(O)c(/C=N/NC(=O)CSc2nc3ccccc3n2C)c1. The minimum absolute atomic E-state index is 0.123. The molecule has 2 N–H and O–H groups in total. The van der Waals surface area contributed by atoms with Crippen molar-refractivity contribution >= 4 is 34.9 Å². The molecule has 0 aliphatic rings. The Bertz CT molecular complexity index is 949. The Balaban J connectivity index is 1.58. The summed E-state index contributed by atoms with van der Waals surface area (Å²) in [5.74, 6) is 0.0898. The summed E-state index contributed by atoms with van der Waals surface area (Å²) in [5.41, 5.74) is 5.95. The van der Waals surface area contributed by atoms with Crippen molar-refractivity contribution < 1.29 is 9.90 Å². The monoisotopic (exact) mass is 354 g/mol. The Kier molecular flexibility index (Phi) is 5.04. The van der Waals surface area contributed by atoms with Gasteiger partial charge < -0.3 is 9.67 Å². The molecule has 1 aromatic heterocycles. The Morgan fingerprint density at radius 3 is 2.96 bits per heavy atom. The maximum absolute atomic E-state index is 11.9. The van der Waals surface area contributed by atoms with Gasteiger partial charge in [-0.2, -0.15) is 5.10 Å². The van der Waals surface area contributed by atoms with Gasteiger partial charge >= 0.3 is 0 Å². The number of amides is 1. The predicted molar refractivity (Wildman–Crippen MR) is 100 cm³/mol. The van der Waals surface area contributed by atoms with Crippen molar-refractivity contribution in [1.82, 2.24) is 15.0 Å². The fourth-order valence-corrected chi connectivity index (χ4v) is 3.15. The van der Waals surface area contributed by atoms with Crippen molar-refractivity contribution in [2.24, 2.45) is 12.1 Å². The highest BCUT2D eigenvalue weighted by atomic mass is 32.2. The van der Waals surface area contributed by atoms with E-state index in [9.17, 15) is 9.90 Å². The molecule has 2 aromatic carbocycles. The number of hydrogen-bond donors (Lipinski definition) is 2. The van der Waals surface area contributed by atoms with Gasteiger partial charge in [-0.15, -0.1) is 0 Å². The summed E-state index contributed by atoms with van der Waals surface area (Å²) in [6.07, 6.45) is 1.43. The highest BCUT2D eigenvalue weighted by Crippen LogP contribution is 2.22. The molecular formula is C18H18N4O2S. The minimum atomic E-state index is -0.236. The van der Waals surface area contributed by atoms with Crippen molar-refractivity contribution in [2.45, 2.75) is 12.1 Å². The Morgan fingerprint density at radius 1 is 1.36 bits per heavy atom. The van der Waals surface area contributed by atoms with Crippen molar-refractivity contribution in [3.05, 3.63) is 53.6 Å². The number of phenols is 1. The number of hydrogen-bond acceptors (Lipinski definition) is 5. The number of para-hydroxylation sites is 2. The molecule has 0 aliphatic heterocycles. The predicted octanol–water partition coefficient (Wildman–Crippen LogP) is 2.83. The van der Waals surface area contributed by atoms with Crippen LogP contribution in [0.3, 0.4) is 0 Å². The minimum Gasteiger partial charge on any atom is -0.507 e. The number of phenolic OH excluding ortho intramolecular Hbond substituents is 1. The number of carbonyl (C=O) groups is 1. The van der Waals surface area contributed by atoms with Gasteiger partial charge in [0.15, 0.2) is 5.16 Å². The number of aryl methyl sites for hydroxylation is 2. The van der Waals surface area contributed by atoms with Crippen LogP contribution in [-0.2, 0) is 11.8 Å². The van der Waals surface area contributed by atoms with E-state index in [-0.39, 0.29) is 17.4 Å². The molecule has 0 unspecified atom stereocenters. The van der Waals surface area contributed by atoms with Crippen LogP contribution >= 0.6 is 11.8 Å². The number of nitrogens with zero attached hydrogens (tertiary/aromatic N) is 3. The molecule has 7 heteroatoms. The van der Waals surface area contributed by atoms with E-state index >= 15 is 0 Å². The fourth-order valence-electron chi connectivity index (χ4n) is 2.37. The second-order valence-corrected chi connectivity index (χ2v) is 6.53. The first-order valence-corrected chi connectivity index (χ1v) is 8.69. The smallest absolute Gasteiger partial charge is 0.250 e. The summed E-state index contributed by atoms with van der Waals surface area (Å²) >= 11 is 1.35. The highest BCUT2D eigenvalue weighted by molar-refractivity contribution is 7.99. The van der Waals surface area contributed by atoms with E-state index in [1.807, 2.05) is 42.8 Å². The first kappa shape index (κ1) is 17.0. The zero-order chi connectivity index (χ0) is 17.8. The van der Waals surface area contributed by atoms with Crippen LogP contribution in [0, 0.1) is 6.92 Å². The zero-order valence-electron chi connectivity index (χ0n) is 13.9. The third-order valence-corrected chi connectivity index (χ3v) is 4.68. The Hall–Kier alpha value is -2.80. The third-order valence-electron chi connectivity index (χ3n) is 3.65. The summed E-state index contributed by atoms with van der Waals surface area (Å²) in [4.78, 5) is 16.4. The largest absolute Gasteiger partial charge is 0.507 e. The summed E-state index contributed by atoms with van der Waals surface area (Å²) < 4.78 is 1.96. The molecule has 0 saturated carbocycles. The molecule has 1 heterocycles. The van der Waals surface area contributed by atoms with Gasteiger partial charge in [0.2, 0.25) is 0 Å². The first-order valence-electron chi connectivity index (χ1n) is 7.70. The number of carbonyl (C=O) groups excluding carboxylic acids is 1. The van der Waals surface area contributed by atoms with Crippen molar-refractivity contribution in [3.8, 4) is 5.75 Å². The molecule has 0 spiro atoms. The van der Waals surface area contributed by atoms with Gasteiger partial charge in [0.1, 0.15) is 5.75 Å². The fraction of sp³-hybridized carbons (Fsp3) is 0.167. The van der Waals surface area contributed by atoms with Crippen LogP contribution in [-0.4, -0.2) is 32.5 Å². The van der Waals surface area contributed by atoms with Crippen molar-refractivity contribution in [3.63, 3.8) is 0 Å². The molecule has 3 aromatic rings. The molecule has 0 fully saturated rings. The van der Waals surface area contributed by atoms with Crippen LogP contribution in [0.25, 0.3) is 11.0 Å².